The number of nitrogens with zero attached hydrogens (tertiary/aromatic N) is 1. The summed E-state index contributed by atoms with van der Waals surface area (Å²) in [5.74, 6) is 0.636. The maximum atomic E-state index is 10.4. The molecule has 0 spiro atoms. The number of methoxy groups -OCH3 is 1. The first-order valence-corrected chi connectivity index (χ1v) is 6.51. The number of carboxylic acid groups (broad SMARTS) is 1. The van der Waals surface area contributed by atoms with Crippen LogP contribution in [0.25, 0.3) is 11.3 Å². The minimum absolute atomic E-state index is 0.192. The second kappa shape index (κ2) is 6.75. The molecule has 0 saturated carbocycles. The fourth-order valence-electron chi connectivity index (χ4n) is 1.99. The Labute approximate surface area is 117 Å². The van der Waals surface area contributed by atoms with E-state index in [2.05, 4.69) is 5.16 Å². The summed E-state index contributed by atoms with van der Waals surface area (Å²) in [6.45, 7) is 0. The third kappa shape index (κ3) is 3.60. The normalized spacial score (nSPS) is 10.4. The second-order valence-electron chi connectivity index (χ2n) is 4.48. The van der Waals surface area contributed by atoms with E-state index in [1.165, 1.54) is 0 Å². The SMILES string of the molecule is COc1ccccc1-c1cc(CCCCC(=O)O)no1. The van der Waals surface area contributed by atoms with Crippen molar-refractivity contribution in [1.82, 2.24) is 5.16 Å². The molecule has 0 atom stereocenters. The minimum atomic E-state index is -0.764. The van der Waals surface area contributed by atoms with Gasteiger partial charge in [-0.15, -0.1) is 0 Å². The molecule has 0 bridgehead atoms. The fourth-order valence-corrected chi connectivity index (χ4v) is 1.99. The Morgan fingerprint density at radius 1 is 1.35 bits per heavy atom. The highest BCUT2D eigenvalue weighted by molar-refractivity contribution is 5.66. The van der Waals surface area contributed by atoms with Crippen molar-refractivity contribution in [1.29, 1.82) is 0 Å². The number of hydrogen-bond donors (Lipinski definition) is 1. The summed E-state index contributed by atoms with van der Waals surface area (Å²) < 4.78 is 10.6. The van der Waals surface area contributed by atoms with Gasteiger partial charge in [0.05, 0.1) is 18.4 Å². The zero-order valence-electron chi connectivity index (χ0n) is 11.3. The van der Waals surface area contributed by atoms with E-state index in [0.29, 0.717) is 18.6 Å². The average molecular weight is 275 g/mol. The Bertz CT molecular complexity index is 577. The molecule has 5 heteroatoms. The molecule has 0 radical (unpaired) electrons. The van der Waals surface area contributed by atoms with E-state index < -0.39 is 5.97 Å². The van der Waals surface area contributed by atoms with Crippen LogP contribution in [0.2, 0.25) is 0 Å². The number of carboxylic acids is 1. The van der Waals surface area contributed by atoms with Crippen LogP contribution in [0.3, 0.4) is 0 Å². The lowest BCUT2D eigenvalue weighted by atomic mass is 10.1. The minimum Gasteiger partial charge on any atom is -0.496 e. The molecule has 0 amide bonds. The van der Waals surface area contributed by atoms with Crippen molar-refractivity contribution in [3.8, 4) is 17.1 Å². The van der Waals surface area contributed by atoms with Crippen molar-refractivity contribution in [2.75, 3.05) is 7.11 Å². The van der Waals surface area contributed by atoms with E-state index in [1.807, 2.05) is 30.3 Å². The van der Waals surface area contributed by atoms with Crippen molar-refractivity contribution >= 4 is 5.97 Å². The van der Waals surface area contributed by atoms with Crippen LogP contribution in [0.1, 0.15) is 25.0 Å². The predicted molar refractivity (Wildman–Crippen MR) is 73.7 cm³/mol. The molecule has 0 unspecified atom stereocenters. The summed E-state index contributed by atoms with van der Waals surface area (Å²) in [6, 6.07) is 9.45. The van der Waals surface area contributed by atoms with Gasteiger partial charge in [0.2, 0.25) is 0 Å². The molecular weight excluding hydrogens is 258 g/mol. The molecule has 0 saturated heterocycles. The van der Waals surface area contributed by atoms with Crippen molar-refractivity contribution in [2.24, 2.45) is 0 Å². The first-order valence-electron chi connectivity index (χ1n) is 6.51. The van der Waals surface area contributed by atoms with Crippen LogP contribution in [-0.4, -0.2) is 23.3 Å². The van der Waals surface area contributed by atoms with E-state index in [0.717, 1.165) is 23.4 Å². The summed E-state index contributed by atoms with van der Waals surface area (Å²) >= 11 is 0. The van der Waals surface area contributed by atoms with Crippen molar-refractivity contribution in [3.05, 3.63) is 36.0 Å². The smallest absolute Gasteiger partial charge is 0.303 e. The topological polar surface area (TPSA) is 72.6 Å². The number of unbranched alkanes of at least 4 members (excludes halogenated alkanes) is 1. The van der Waals surface area contributed by atoms with Gasteiger partial charge in [-0.05, 0) is 31.4 Å². The molecule has 106 valence electrons. The number of rotatable bonds is 7. The highest BCUT2D eigenvalue weighted by Crippen LogP contribution is 2.30. The first-order chi connectivity index (χ1) is 9.70. The maximum Gasteiger partial charge on any atom is 0.303 e. The summed E-state index contributed by atoms with van der Waals surface area (Å²) in [7, 11) is 1.61. The molecule has 1 heterocycles. The van der Waals surface area contributed by atoms with Gasteiger partial charge in [-0.25, -0.2) is 0 Å². The molecule has 5 nitrogen and oxygen atoms in total. The molecule has 0 aliphatic carbocycles. The monoisotopic (exact) mass is 275 g/mol. The number of aryl methyl sites for hydroxylation is 1. The third-order valence-electron chi connectivity index (χ3n) is 3.00. The Morgan fingerprint density at radius 2 is 2.15 bits per heavy atom. The van der Waals surface area contributed by atoms with Gasteiger partial charge in [0, 0.05) is 12.5 Å². The average Bonchev–Trinajstić information content (AvgIpc) is 2.92. The molecule has 20 heavy (non-hydrogen) atoms. The molecule has 2 aromatic rings. The lowest BCUT2D eigenvalue weighted by Crippen LogP contribution is -1.94. The van der Waals surface area contributed by atoms with Crippen LogP contribution < -0.4 is 4.74 Å². The Morgan fingerprint density at radius 3 is 2.90 bits per heavy atom. The highest BCUT2D eigenvalue weighted by Gasteiger charge is 2.11. The van der Waals surface area contributed by atoms with E-state index in [-0.39, 0.29) is 6.42 Å². The first kappa shape index (κ1) is 14.1. The number of hydrogen-bond acceptors (Lipinski definition) is 4. The summed E-state index contributed by atoms with van der Waals surface area (Å²) in [5, 5.41) is 12.6. The standard InChI is InChI=1S/C15H17NO4/c1-19-13-8-4-3-7-12(13)14-10-11(16-20-14)6-2-5-9-15(17)18/h3-4,7-8,10H,2,5-6,9H2,1H3,(H,17,18). The molecule has 2 rings (SSSR count). The number of carbonyl (C=O) groups is 1. The lowest BCUT2D eigenvalue weighted by Gasteiger charge is -2.03. The quantitative estimate of drug-likeness (QED) is 0.786. The van der Waals surface area contributed by atoms with Crippen LogP contribution in [0, 0.1) is 0 Å². The van der Waals surface area contributed by atoms with Gasteiger partial charge >= 0.3 is 5.97 Å². The van der Waals surface area contributed by atoms with Crippen LogP contribution in [0.15, 0.2) is 34.9 Å². The van der Waals surface area contributed by atoms with E-state index >= 15 is 0 Å². The van der Waals surface area contributed by atoms with Gasteiger partial charge in [0.15, 0.2) is 5.76 Å². The molecular formula is C15H17NO4. The number of benzene rings is 1. The molecule has 1 N–H and O–H groups in total. The largest absolute Gasteiger partial charge is 0.496 e. The third-order valence-corrected chi connectivity index (χ3v) is 3.00. The maximum absolute atomic E-state index is 10.4. The summed E-state index contributed by atoms with van der Waals surface area (Å²) in [4.78, 5) is 10.4. The zero-order chi connectivity index (χ0) is 14.4. The molecule has 1 aromatic heterocycles. The Balaban J connectivity index is 2.00. The van der Waals surface area contributed by atoms with Crippen molar-refractivity contribution in [3.63, 3.8) is 0 Å². The summed E-state index contributed by atoms with van der Waals surface area (Å²) in [6.07, 6.45) is 2.33. The zero-order valence-corrected chi connectivity index (χ0v) is 11.3. The van der Waals surface area contributed by atoms with E-state index in [4.69, 9.17) is 14.4 Å². The Hall–Kier alpha value is -2.30. The lowest BCUT2D eigenvalue weighted by molar-refractivity contribution is -0.137. The van der Waals surface area contributed by atoms with Gasteiger partial charge in [-0.3, -0.25) is 4.79 Å². The van der Waals surface area contributed by atoms with Gasteiger partial charge in [0.1, 0.15) is 5.75 Å². The fraction of sp³-hybridized carbons (Fsp3) is 0.333. The van der Waals surface area contributed by atoms with Gasteiger partial charge in [-0.2, -0.15) is 0 Å². The van der Waals surface area contributed by atoms with Crippen LogP contribution in [0.4, 0.5) is 0 Å². The van der Waals surface area contributed by atoms with E-state index in [9.17, 15) is 4.79 Å². The van der Waals surface area contributed by atoms with Crippen LogP contribution in [-0.2, 0) is 11.2 Å². The van der Waals surface area contributed by atoms with Crippen LogP contribution >= 0.6 is 0 Å². The summed E-state index contributed by atoms with van der Waals surface area (Å²) in [5.41, 5.74) is 1.69. The van der Waals surface area contributed by atoms with Crippen molar-refractivity contribution < 1.29 is 19.2 Å². The van der Waals surface area contributed by atoms with Crippen molar-refractivity contribution in [2.45, 2.75) is 25.7 Å². The number of aromatic nitrogens is 1. The number of aliphatic carboxylic acids is 1. The molecule has 1 aromatic carbocycles. The van der Waals surface area contributed by atoms with E-state index in [1.54, 1.807) is 7.11 Å². The Kier molecular flexibility index (Phi) is 4.76. The molecule has 0 aliphatic rings. The molecule has 0 fully saturated rings. The predicted octanol–water partition coefficient (Wildman–Crippen LogP) is 3.15. The molecule has 0 aliphatic heterocycles. The van der Waals surface area contributed by atoms with Crippen LogP contribution in [0.5, 0.6) is 5.75 Å². The van der Waals surface area contributed by atoms with Gasteiger partial charge in [0.25, 0.3) is 0 Å². The highest BCUT2D eigenvalue weighted by atomic mass is 16.5. The number of para-hydroxylation sites is 1. The second-order valence-corrected chi connectivity index (χ2v) is 4.48. The van der Waals surface area contributed by atoms with Gasteiger partial charge in [-0.1, -0.05) is 17.3 Å². The number of ether oxygens (including phenoxy) is 1. The van der Waals surface area contributed by atoms with Gasteiger partial charge < -0.3 is 14.4 Å².